The fourth-order valence-corrected chi connectivity index (χ4v) is 2.14. The van der Waals surface area contributed by atoms with Gasteiger partial charge in [-0.3, -0.25) is 4.79 Å². The second-order valence-corrected chi connectivity index (χ2v) is 5.07. The fourth-order valence-electron chi connectivity index (χ4n) is 2.14. The first kappa shape index (κ1) is 14.3. The van der Waals surface area contributed by atoms with Crippen LogP contribution >= 0.6 is 0 Å². The summed E-state index contributed by atoms with van der Waals surface area (Å²) in [7, 11) is 1.62. The highest BCUT2D eigenvalue weighted by Crippen LogP contribution is 2.15. The van der Waals surface area contributed by atoms with Crippen molar-refractivity contribution in [2.75, 3.05) is 7.11 Å². The Labute approximate surface area is 120 Å². The van der Waals surface area contributed by atoms with E-state index < -0.39 is 0 Å². The van der Waals surface area contributed by atoms with Crippen LogP contribution in [-0.2, 0) is 6.42 Å². The Kier molecular flexibility index (Phi) is 4.57. The molecule has 0 aliphatic rings. The summed E-state index contributed by atoms with van der Waals surface area (Å²) in [5, 5.41) is 0. The molecule has 104 valence electrons. The number of benzene rings is 2. The summed E-state index contributed by atoms with van der Waals surface area (Å²) in [4.78, 5) is 12.1. The van der Waals surface area contributed by atoms with E-state index in [2.05, 4.69) is 32.0 Å². The van der Waals surface area contributed by atoms with Crippen LogP contribution in [0.4, 0.5) is 0 Å². The highest BCUT2D eigenvalue weighted by Gasteiger charge is 2.07. The molecule has 0 heterocycles. The summed E-state index contributed by atoms with van der Waals surface area (Å²) in [6.45, 7) is 4.20. The van der Waals surface area contributed by atoms with E-state index in [1.165, 1.54) is 16.7 Å². The third-order valence-corrected chi connectivity index (χ3v) is 3.62. The number of ketones is 1. The van der Waals surface area contributed by atoms with Gasteiger partial charge in [0, 0.05) is 12.0 Å². The van der Waals surface area contributed by atoms with Gasteiger partial charge in [0.05, 0.1) is 7.11 Å². The number of rotatable bonds is 5. The lowest BCUT2D eigenvalue weighted by Crippen LogP contribution is -2.01. The minimum Gasteiger partial charge on any atom is -0.497 e. The van der Waals surface area contributed by atoms with Crippen molar-refractivity contribution in [3.05, 3.63) is 64.7 Å². The molecule has 0 bridgehead atoms. The number of carbonyl (C=O) groups excluding carboxylic acids is 1. The lowest BCUT2D eigenvalue weighted by atomic mass is 10.00. The van der Waals surface area contributed by atoms with Gasteiger partial charge in [0.25, 0.3) is 0 Å². The number of hydrogen-bond donors (Lipinski definition) is 0. The molecular formula is C18H20O2. The second kappa shape index (κ2) is 6.38. The Balaban J connectivity index is 1.98. The first-order valence-electron chi connectivity index (χ1n) is 6.83. The fraction of sp³-hybridized carbons (Fsp3) is 0.278. The van der Waals surface area contributed by atoms with Crippen molar-refractivity contribution >= 4 is 5.78 Å². The number of methoxy groups -OCH3 is 1. The van der Waals surface area contributed by atoms with Crippen LogP contribution < -0.4 is 4.74 Å². The van der Waals surface area contributed by atoms with E-state index in [-0.39, 0.29) is 5.78 Å². The minimum absolute atomic E-state index is 0.172. The summed E-state index contributed by atoms with van der Waals surface area (Å²) >= 11 is 0. The summed E-state index contributed by atoms with van der Waals surface area (Å²) in [5.74, 6) is 0.946. The molecule has 2 aromatic rings. The van der Waals surface area contributed by atoms with Gasteiger partial charge in [-0.05, 0) is 61.2 Å². The largest absolute Gasteiger partial charge is 0.497 e. The average molecular weight is 268 g/mol. The predicted molar refractivity (Wildman–Crippen MR) is 81.6 cm³/mol. The zero-order valence-electron chi connectivity index (χ0n) is 12.3. The SMILES string of the molecule is COc1ccc(C(=O)CCc2ccc(C)c(C)c2)cc1. The molecular weight excluding hydrogens is 248 g/mol. The Hall–Kier alpha value is -2.09. The van der Waals surface area contributed by atoms with Crippen LogP contribution in [0.25, 0.3) is 0 Å². The van der Waals surface area contributed by atoms with Crippen molar-refractivity contribution in [1.29, 1.82) is 0 Å². The van der Waals surface area contributed by atoms with Crippen LogP contribution in [0.3, 0.4) is 0 Å². The molecule has 0 aromatic heterocycles. The third kappa shape index (κ3) is 3.47. The smallest absolute Gasteiger partial charge is 0.163 e. The Morgan fingerprint density at radius 1 is 1.00 bits per heavy atom. The van der Waals surface area contributed by atoms with Crippen LogP contribution in [0.15, 0.2) is 42.5 Å². The van der Waals surface area contributed by atoms with E-state index in [9.17, 15) is 4.79 Å². The highest BCUT2D eigenvalue weighted by atomic mass is 16.5. The lowest BCUT2D eigenvalue weighted by Gasteiger charge is -2.06. The lowest BCUT2D eigenvalue weighted by molar-refractivity contribution is 0.0983. The molecule has 0 saturated carbocycles. The van der Waals surface area contributed by atoms with Crippen molar-refractivity contribution < 1.29 is 9.53 Å². The van der Waals surface area contributed by atoms with Gasteiger partial charge in [0.15, 0.2) is 5.78 Å². The van der Waals surface area contributed by atoms with Gasteiger partial charge in [-0.1, -0.05) is 18.2 Å². The van der Waals surface area contributed by atoms with Gasteiger partial charge in [0.1, 0.15) is 5.75 Å². The first-order valence-corrected chi connectivity index (χ1v) is 6.83. The van der Waals surface area contributed by atoms with Crippen LogP contribution in [0, 0.1) is 13.8 Å². The molecule has 0 aliphatic heterocycles. The van der Waals surface area contributed by atoms with Gasteiger partial charge in [-0.2, -0.15) is 0 Å². The van der Waals surface area contributed by atoms with Crippen molar-refractivity contribution in [2.45, 2.75) is 26.7 Å². The first-order chi connectivity index (χ1) is 9.60. The standard InChI is InChI=1S/C18H20O2/c1-13-4-5-15(12-14(13)2)6-11-18(19)16-7-9-17(20-3)10-8-16/h4-5,7-10,12H,6,11H2,1-3H3. The van der Waals surface area contributed by atoms with Crippen LogP contribution in [0.2, 0.25) is 0 Å². The monoisotopic (exact) mass is 268 g/mol. The maximum atomic E-state index is 12.1. The number of aryl methyl sites for hydroxylation is 3. The molecule has 2 aromatic carbocycles. The van der Waals surface area contributed by atoms with Crippen molar-refractivity contribution in [2.24, 2.45) is 0 Å². The molecule has 0 aliphatic carbocycles. The van der Waals surface area contributed by atoms with Gasteiger partial charge in [0.2, 0.25) is 0 Å². The summed E-state index contributed by atoms with van der Waals surface area (Å²) < 4.78 is 5.09. The number of Topliss-reactive ketones (excluding diaryl/α,β-unsaturated/α-hetero) is 1. The normalized spacial score (nSPS) is 10.3. The summed E-state index contributed by atoms with van der Waals surface area (Å²) in [6.07, 6.45) is 1.32. The number of ether oxygens (including phenoxy) is 1. The molecule has 0 spiro atoms. The molecule has 0 radical (unpaired) electrons. The van der Waals surface area contributed by atoms with E-state index in [0.717, 1.165) is 17.7 Å². The number of carbonyl (C=O) groups is 1. The van der Waals surface area contributed by atoms with Crippen LogP contribution in [0.1, 0.15) is 33.5 Å². The van der Waals surface area contributed by atoms with E-state index in [1.807, 2.05) is 24.3 Å². The Bertz CT molecular complexity index is 597. The molecule has 0 amide bonds. The van der Waals surface area contributed by atoms with E-state index >= 15 is 0 Å². The second-order valence-electron chi connectivity index (χ2n) is 5.07. The van der Waals surface area contributed by atoms with Crippen molar-refractivity contribution in [1.82, 2.24) is 0 Å². The van der Waals surface area contributed by atoms with Crippen LogP contribution in [0.5, 0.6) is 5.75 Å². The van der Waals surface area contributed by atoms with Crippen LogP contribution in [-0.4, -0.2) is 12.9 Å². The van der Waals surface area contributed by atoms with Crippen molar-refractivity contribution in [3.63, 3.8) is 0 Å². The minimum atomic E-state index is 0.172. The van der Waals surface area contributed by atoms with Gasteiger partial charge >= 0.3 is 0 Å². The third-order valence-electron chi connectivity index (χ3n) is 3.62. The number of hydrogen-bond acceptors (Lipinski definition) is 2. The average Bonchev–Trinajstić information content (AvgIpc) is 2.48. The maximum absolute atomic E-state index is 12.1. The molecule has 20 heavy (non-hydrogen) atoms. The topological polar surface area (TPSA) is 26.3 Å². The zero-order chi connectivity index (χ0) is 14.5. The summed E-state index contributed by atoms with van der Waals surface area (Å²) in [6, 6.07) is 13.7. The summed E-state index contributed by atoms with van der Waals surface area (Å²) in [5.41, 5.74) is 4.53. The highest BCUT2D eigenvalue weighted by molar-refractivity contribution is 5.96. The Morgan fingerprint density at radius 2 is 1.70 bits per heavy atom. The molecule has 2 nitrogen and oxygen atoms in total. The Morgan fingerprint density at radius 3 is 2.30 bits per heavy atom. The van der Waals surface area contributed by atoms with Gasteiger partial charge < -0.3 is 4.74 Å². The molecule has 0 fully saturated rings. The molecule has 0 saturated heterocycles. The van der Waals surface area contributed by atoms with E-state index in [4.69, 9.17) is 4.74 Å². The van der Waals surface area contributed by atoms with E-state index in [0.29, 0.717) is 6.42 Å². The van der Waals surface area contributed by atoms with Gasteiger partial charge in [-0.15, -0.1) is 0 Å². The predicted octanol–water partition coefficient (Wildman–Crippen LogP) is 4.13. The van der Waals surface area contributed by atoms with E-state index in [1.54, 1.807) is 7.11 Å². The molecule has 0 atom stereocenters. The molecule has 2 rings (SSSR count). The maximum Gasteiger partial charge on any atom is 0.163 e. The van der Waals surface area contributed by atoms with Gasteiger partial charge in [-0.25, -0.2) is 0 Å². The van der Waals surface area contributed by atoms with Crippen molar-refractivity contribution in [3.8, 4) is 5.75 Å². The molecule has 2 heteroatoms. The quantitative estimate of drug-likeness (QED) is 0.762. The molecule has 0 unspecified atom stereocenters. The zero-order valence-corrected chi connectivity index (χ0v) is 12.3. The molecule has 0 N–H and O–H groups in total.